The Morgan fingerprint density at radius 1 is 1.19 bits per heavy atom. The maximum Gasteiger partial charge on any atom is 0.269 e. The Morgan fingerprint density at radius 2 is 1.81 bits per heavy atom. The summed E-state index contributed by atoms with van der Waals surface area (Å²) in [5.41, 5.74) is 1.74. The highest BCUT2D eigenvalue weighted by Gasteiger charge is 2.05. The van der Waals surface area contributed by atoms with Crippen LogP contribution in [-0.2, 0) is 0 Å². The smallest absolute Gasteiger partial charge is 0.258 e. The summed E-state index contributed by atoms with van der Waals surface area (Å²) in [6, 6.07) is 15.7. The number of non-ortho nitro benzene ring substituents is 1. The summed E-state index contributed by atoms with van der Waals surface area (Å²) in [5, 5.41) is 16.4. The Hall–Kier alpha value is -2.60. The normalized spacial score (nSPS) is 10.5. The highest BCUT2D eigenvalue weighted by molar-refractivity contribution is 7.80. The summed E-state index contributed by atoms with van der Waals surface area (Å²) in [4.78, 5) is 10.7. The van der Waals surface area contributed by atoms with Gasteiger partial charge in [0.15, 0.2) is 0 Å². The fourth-order valence-corrected chi connectivity index (χ4v) is 1.84. The third kappa shape index (κ3) is 3.93. The van der Waals surface area contributed by atoms with Crippen LogP contribution in [0.15, 0.2) is 59.7 Å². The lowest BCUT2D eigenvalue weighted by atomic mass is 10.2. The summed E-state index contributed by atoms with van der Waals surface area (Å²) in [5.74, 6) is 0. The van der Waals surface area contributed by atoms with E-state index < -0.39 is 4.92 Å². The molecule has 2 aromatic rings. The number of hydrogen-bond acceptors (Lipinski definition) is 4. The van der Waals surface area contributed by atoms with Crippen molar-refractivity contribution in [3.8, 4) is 0 Å². The minimum absolute atomic E-state index is 0.0558. The highest BCUT2D eigenvalue weighted by atomic mass is 32.1. The zero-order valence-electron chi connectivity index (χ0n) is 11.3. The second-order valence-electron chi connectivity index (χ2n) is 4.29. The molecule has 2 aromatic carbocycles. The molecule has 0 aliphatic carbocycles. The summed E-state index contributed by atoms with van der Waals surface area (Å²) < 4.78 is 0. The van der Waals surface area contributed by atoms with Crippen LogP contribution in [0.25, 0.3) is 0 Å². The van der Waals surface area contributed by atoms with Crippen LogP contribution in [0.3, 0.4) is 0 Å². The van der Waals surface area contributed by atoms with Gasteiger partial charge in [0.1, 0.15) is 4.99 Å². The Labute approximate surface area is 127 Å². The topological polar surface area (TPSA) is 58.7 Å². The van der Waals surface area contributed by atoms with Crippen molar-refractivity contribution in [2.75, 3.05) is 7.05 Å². The molecule has 0 bridgehead atoms. The lowest BCUT2D eigenvalue weighted by Gasteiger charge is -2.13. The number of benzene rings is 2. The number of nitro benzene ring substituents is 1. The van der Waals surface area contributed by atoms with Crippen molar-refractivity contribution in [3.05, 3.63) is 75.8 Å². The number of rotatable bonds is 4. The summed E-state index contributed by atoms with van der Waals surface area (Å²) in [7, 11) is 1.76. The molecular formula is C15H13N3O2S. The average Bonchev–Trinajstić information content (AvgIpc) is 2.53. The predicted molar refractivity (Wildman–Crippen MR) is 86.6 cm³/mol. The first-order valence-electron chi connectivity index (χ1n) is 6.19. The Bertz CT molecular complexity index is 669. The van der Waals surface area contributed by atoms with Gasteiger partial charge in [-0.15, -0.1) is 0 Å². The maximum atomic E-state index is 10.6. The van der Waals surface area contributed by atoms with Gasteiger partial charge >= 0.3 is 0 Å². The molecule has 0 aromatic heterocycles. The van der Waals surface area contributed by atoms with E-state index in [1.807, 2.05) is 30.3 Å². The third-order valence-electron chi connectivity index (χ3n) is 2.80. The van der Waals surface area contributed by atoms with Crippen LogP contribution >= 0.6 is 12.2 Å². The monoisotopic (exact) mass is 299 g/mol. The second-order valence-corrected chi connectivity index (χ2v) is 4.67. The molecule has 6 heteroatoms. The minimum atomic E-state index is -0.433. The largest absolute Gasteiger partial charge is 0.269 e. The van der Waals surface area contributed by atoms with Gasteiger partial charge in [-0.1, -0.05) is 42.5 Å². The molecule has 5 nitrogen and oxygen atoms in total. The van der Waals surface area contributed by atoms with Gasteiger partial charge in [-0.2, -0.15) is 5.10 Å². The number of nitrogens with zero attached hydrogens (tertiary/aromatic N) is 3. The molecule has 0 N–H and O–H groups in total. The van der Waals surface area contributed by atoms with E-state index in [-0.39, 0.29) is 5.69 Å². The van der Waals surface area contributed by atoms with Crippen molar-refractivity contribution in [3.63, 3.8) is 0 Å². The van der Waals surface area contributed by atoms with Gasteiger partial charge in [-0.3, -0.25) is 15.1 Å². The van der Waals surface area contributed by atoms with Crippen LogP contribution in [0.1, 0.15) is 11.1 Å². The summed E-state index contributed by atoms with van der Waals surface area (Å²) >= 11 is 5.34. The lowest BCUT2D eigenvalue weighted by molar-refractivity contribution is -0.384. The Balaban J connectivity index is 2.06. The minimum Gasteiger partial charge on any atom is -0.258 e. The molecule has 0 spiro atoms. The Kier molecular flexibility index (Phi) is 4.73. The number of hydrazone groups is 1. The van der Waals surface area contributed by atoms with Crippen LogP contribution in [0.5, 0.6) is 0 Å². The van der Waals surface area contributed by atoms with Crippen molar-refractivity contribution in [2.24, 2.45) is 5.10 Å². The zero-order valence-corrected chi connectivity index (χ0v) is 12.2. The van der Waals surface area contributed by atoms with E-state index in [0.717, 1.165) is 11.1 Å². The van der Waals surface area contributed by atoms with E-state index in [2.05, 4.69) is 5.10 Å². The SMILES string of the molecule is CN(/N=C/c1ccc([N+](=O)[O-])cc1)C(=S)c1ccccc1. The molecule has 0 aliphatic heterocycles. The highest BCUT2D eigenvalue weighted by Crippen LogP contribution is 2.11. The quantitative estimate of drug-likeness (QED) is 0.376. The molecule has 0 saturated heterocycles. The molecule has 0 fully saturated rings. The lowest BCUT2D eigenvalue weighted by Crippen LogP contribution is -2.20. The van der Waals surface area contributed by atoms with Gasteiger partial charge in [-0.05, 0) is 17.7 Å². The van der Waals surface area contributed by atoms with Gasteiger partial charge in [-0.25, -0.2) is 0 Å². The van der Waals surface area contributed by atoms with E-state index in [0.29, 0.717) is 4.99 Å². The van der Waals surface area contributed by atoms with Crippen LogP contribution < -0.4 is 0 Å². The van der Waals surface area contributed by atoms with Crippen molar-refractivity contribution in [1.29, 1.82) is 0 Å². The molecule has 106 valence electrons. The molecular weight excluding hydrogens is 286 g/mol. The van der Waals surface area contributed by atoms with Gasteiger partial charge in [0, 0.05) is 24.7 Å². The van der Waals surface area contributed by atoms with Crippen molar-refractivity contribution in [2.45, 2.75) is 0 Å². The van der Waals surface area contributed by atoms with Crippen LogP contribution in [0.4, 0.5) is 5.69 Å². The van der Waals surface area contributed by atoms with Crippen molar-refractivity contribution >= 4 is 29.1 Å². The number of nitro groups is 1. The van der Waals surface area contributed by atoms with E-state index in [4.69, 9.17) is 12.2 Å². The van der Waals surface area contributed by atoms with E-state index in [1.54, 1.807) is 30.4 Å². The molecule has 0 radical (unpaired) electrons. The molecule has 0 amide bonds. The fourth-order valence-electron chi connectivity index (χ4n) is 1.66. The summed E-state index contributed by atoms with van der Waals surface area (Å²) in [6.07, 6.45) is 1.61. The molecule has 2 rings (SSSR count). The van der Waals surface area contributed by atoms with Crippen LogP contribution in [0, 0.1) is 10.1 Å². The Morgan fingerprint density at radius 3 is 2.38 bits per heavy atom. The van der Waals surface area contributed by atoms with Gasteiger partial charge in [0.2, 0.25) is 0 Å². The maximum absolute atomic E-state index is 10.6. The first-order chi connectivity index (χ1) is 10.1. The predicted octanol–water partition coefficient (Wildman–Crippen LogP) is 3.24. The molecule has 21 heavy (non-hydrogen) atoms. The second kappa shape index (κ2) is 6.71. The molecule has 0 saturated carbocycles. The van der Waals surface area contributed by atoms with E-state index >= 15 is 0 Å². The average molecular weight is 299 g/mol. The van der Waals surface area contributed by atoms with Crippen LogP contribution in [-0.4, -0.2) is 28.2 Å². The van der Waals surface area contributed by atoms with Gasteiger partial charge < -0.3 is 0 Å². The summed E-state index contributed by atoms with van der Waals surface area (Å²) in [6.45, 7) is 0. The first kappa shape index (κ1) is 14.8. The first-order valence-corrected chi connectivity index (χ1v) is 6.60. The standard InChI is InChI=1S/C15H13N3O2S/c1-17(15(21)13-5-3-2-4-6-13)16-11-12-7-9-14(10-8-12)18(19)20/h2-11H,1H3/b16-11+. The molecule has 0 unspecified atom stereocenters. The molecule has 0 aliphatic rings. The fraction of sp³-hybridized carbons (Fsp3) is 0.0667. The third-order valence-corrected chi connectivity index (χ3v) is 3.30. The van der Waals surface area contributed by atoms with E-state index in [1.165, 1.54) is 12.1 Å². The van der Waals surface area contributed by atoms with Crippen molar-refractivity contribution < 1.29 is 4.92 Å². The van der Waals surface area contributed by atoms with E-state index in [9.17, 15) is 10.1 Å². The number of hydrogen-bond donors (Lipinski definition) is 0. The zero-order chi connectivity index (χ0) is 15.2. The van der Waals surface area contributed by atoms with Gasteiger partial charge in [0.05, 0.1) is 11.1 Å². The molecule has 0 heterocycles. The van der Waals surface area contributed by atoms with Crippen LogP contribution in [0.2, 0.25) is 0 Å². The van der Waals surface area contributed by atoms with Crippen molar-refractivity contribution in [1.82, 2.24) is 5.01 Å². The number of thiocarbonyl (C=S) groups is 1. The molecule has 0 atom stereocenters. The van der Waals surface area contributed by atoms with Gasteiger partial charge in [0.25, 0.3) is 5.69 Å².